The maximum Gasteiger partial charge on any atom is 0.317 e. The molecule has 2 atom stereocenters. The Kier molecular flexibility index (Phi) is 7.36. The number of carbonyl (C=O) groups excluding carboxylic acids is 1. The Bertz CT molecular complexity index is 494. The molecular formula is C17H31NO5S. The molecule has 6 nitrogen and oxygen atoms in total. The third kappa shape index (κ3) is 6.34. The molecule has 0 bridgehead atoms. The maximum atomic E-state index is 12.1. The molecule has 0 saturated heterocycles. The lowest BCUT2D eigenvalue weighted by molar-refractivity contribution is -0.143. The first kappa shape index (κ1) is 22.8. The lowest BCUT2D eigenvalue weighted by atomic mass is 9.63. The fourth-order valence-electron chi connectivity index (χ4n) is 2.29. The van der Waals surface area contributed by atoms with E-state index in [1.165, 1.54) is 0 Å². The molecule has 0 heterocycles. The van der Waals surface area contributed by atoms with Crippen molar-refractivity contribution in [3.8, 4) is 0 Å². The molecule has 0 rings (SSSR count). The predicted molar refractivity (Wildman–Crippen MR) is 95.9 cm³/mol. The molecule has 0 aromatic rings. The number of thioether (sulfide) groups is 1. The number of hydrogen-bond acceptors (Lipinski definition) is 4. The molecule has 2 unspecified atom stereocenters. The summed E-state index contributed by atoms with van der Waals surface area (Å²) in [5.41, 5.74) is 5.32. The average molecular weight is 362 g/mol. The summed E-state index contributed by atoms with van der Waals surface area (Å²) in [7, 11) is 0. The molecule has 0 saturated carbocycles. The first-order chi connectivity index (χ1) is 10.5. The lowest BCUT2D eigenvalue weighted by Crippen LogP contribution is -2.45. The van der Waals surface area contributed by atoms with E-state index in [0.717, 1.165) is 11.8 Å². The van der Waals surface area contributed by atoms with E-state index < -0.39 is 40.2 Å². The van der Waals surface area contributed by atoms with E-state index in [0.29, 0.717) is 6.42 Å². The largest absolute Gasteiger partial charge is 0.481 e. The Morgan fingerprint density at radius 2 is 1.46 bits per heavy atom. The van der Waals surface area contributed by atoms with Gasteiger partial charge in [0.15, 0.2) is 0 Å². The number of nitrogens with two attached hydrogens (primary N) is 1. The molecule has 140 valence electrons. The van der Waals surface area contributed by atoms with Crippen molar-refractivity contribution >= 4 is 29.6 Å². The standard InChI is InChI=1S/C17H31NO5S/c1-15(2,3)16(4,5)9-10(13(18)21)17(6,7)24-11(14(22)23)8-12(19)20/h10-11H,8-9H2,1-7H3,(H2,18,21)(H,19,20)(H,22,23). The van der Waals surface area contributed by atoms with Gasteiger partial charge in [-0.15, -0.1) is 11.8 Å². The second-order valence-electron chi connectivity index (χ2n) is 8.44. The van der Waals surface area contributed by atoms with E-state index in [2.05, 4.69) is 34.6 Å². The molecule has 7 heteroatoms. The molecule has 0 fully saturated rings. The van der Waals surface area contributed by atoms with Gasteiger partial charge < -0.3 is 15.9 Å². The number of carboxylic acid groups (broad SMARTS) is 2. The minimum Gasteiger partial charge on any atom is -0.481 e. The van der Waals surface area contributed by atoms with E-state index in [4.69, 9.17) is 10.8 Å². The zero-order valence-electron chi connectivity index (χ0n) is 15.7. The summed E-state index contributed by atoms with van der Waals surface area (Å²) in [5.74, 6) is -3.46. The van der Waals surface area contributed by atoms with Crippen LogP contribution in [0, 0.1) is 16.7 Å². The van der Waals surface area contributed by atoms with Gasteiger partial charge in [0.25, 0.3) is 0 Å². The van der Waals surface area contributed by atoms with Gasteiger partial charge in [0.05, 0.1) is 12.3 Å². The van der Waals surface area contributed by atoms with Crippen LogP contribution in [-0.2, 0) is 14.4 Å². The van der Waals surface area contributed by atoms with Crippen LogP contribution in [0.25, 0.3) is 0 Å². The maximum absolute atomic E-state index is 12.1. The van der Waals surface area contributed by atoms with Crippen molar-refractivity contribution in [1.29, 1.82) is 0 Å². The van der Waals surface area contributed by atoms with Gasteiger partial charge in [-0.2, -0.15) is 0 Å². The Hall–Kier alpha value is -1.24. The van der Waals surface area contributed by atoms with Crippen LogP contribution in [0.3, 0.4) is 0 Å². The lowest BCUT2D eigenvalue weighted by Gasteiger charge is -2.44. The number of primary amides is 1. The quantitative estimate of drug-likeness (QED) is 0.581. The zero-order chi connectivity index (χ0) is 19.5. The van der Waals surface area contributed by atoms with E-state index >= 15 is 0 Å². The number of carboxylic acids is 2. The Morgan fingerprint density at radius 3 is 1.75 bits per heavy atom. The molecular weight excluding hydrogens is 330 g/mol. The molecule has 1 amide bonds. The van der Waals surface area contributed by atoms with Gasteiger partial charge in [-0.3, -0.25) is 14.4 Å². The van der Waals surface area contributed by atoms with Crippen molar-refractivity contribution in [1.82, 2.24) is 0 Å². The topological polar surface area (TPSA) is 118 Å². The van der Waals surface area contributed by atoms with Crippen LogP contribution in [0.5, 0.6) is 0 Å². The van der Waals surface area contributed by atoms with Crippen molar-refractivity contribution in [3.63, 3.8) is 0 Å². The third-order valence-corrected chi connectivity index (χ3v) is 6.55. The fraction of sp³-hybridized carbons (Fsp3) is 0.824. The fourth-order valence-corrected chi connectivity index (χ4v) is 3.72. The van der Waals surface area contributed by atoms with Crippen LogP contribution < -0.4 is 5.73 Å². The number of amides is 1. The second-order valence-corrected chi connectivity index (χ2v) is 10.3. The van der Waals surface area contributed by atoms with Crippen molar-refractivity contribution in [2.75, 3.05) is 0 Å². The van der Waals surface area contributed by atoms with Crippen molar-refractivity contribution < 1.29 is 24.6 Å². The van der Waals surface area contributed by atoms with Crippen LogP contribution in [-0.4, -0.2) is 38.1 Å². The molecule has 0 aliphatic heterocycles. The van der Waals surface area contributed by atoms with E-state index in [1.807, 2.05) is 0 Å². The zero-order valence-corrected chi connectivity index (χ0v) is 16.5. The molecule has 0 aliphatic rings. The predicted octanol–water partition coefficient (Wildman–Crippen LogP) is 2.99. The Balaban J connectivity index is 5.52. The van der Waals surface area contributed by atoms with Crippen molar-refractivity contribution in [2.45, 2.75) is 71.3 Å². The summed E-state index contributed by atoms with van der Waals surface area (Å²) in [4.78, 5) is 34.3. The minimum atomic E-state index is -1.20. The van der Waals surface area contributed by atoms with Crippen molar-refractivity contribution in [3.05, 3.63) is 0 Å². The summed E-state index contributed by atoms with van der Waals surface area (Å²) in [6.45, 7) is 13.8. The summed E-state index contributed by atoms with van der Waals surface area (Å²) >= 11 is 0.990. The van der Waals surface area contributed by atoms with Gasteiger partial charge in [-0.1, -0.05) is 34.6 Å². The summed E-state index contributed by atoms with van der Waals surface area (Å²) < 4.78 is -0.799. The SMILES string of the molecule is CC(C)(SC(CC(=O)O)C(=O)O)C(CC(C)(C)C(C)(C)C)C(N)=O. The summed E-state index contributed by atoms with van der Waals surface area (Å²) in [5, 5.41) is 17.0. The van der Waals surface area contributed by atoms with Crippen molar-refractivity contribution in [2.24, 2.45) is 22.5 Å². The van der Waals surface area contributed by atoms with Gasteiger partial charge in [-0.25, -0.2) is 0 Å². The van der Waals surface area contributed by atoms with E-state index in [9.17, 15) is 19.5 Å². The number of carbonyl (C=O) groups is 3. The molecule has 0 aromatic carbocycles. The van der Waals surface area contributed by atoms with Gasteiger partial charge >= 0.3 is 11.9 Å². The number of hydrogen-bond donors (Lipinski definition) is 3. The molecule has 0 aliphatic carbocycles. The van der Waals surface area contributed by atoms with E-state index in [-0.39, 0.29) is 10.8 Å². The monoisotopic (exact) mass is 361 g/mol. The molecule has 0 aromatic heterocycles. The summed E-state index contributed by atoms with van der Waals surface area (Å²) in [6.07, 6.45) is -0.0111. The first-order valence-corrected chi connectivity index (χ1v) is 8.81. The van der Waals surface area contributed by atoms with Crippen LogP contribution in [0.2, 0.25) is 0 Å². The Labute approximate surface area is 148 Å². The normalized spacial score (nSPS) is 15.6. The average Bonchev–Trinajstić information content (AvgIpc) is 2.32. The van der Waals surface area contributed by atoms with Crippen LogP contribution in [0.15, 0.2) is 0 Å². The highest BCUT2D eigenvalue weighted by atomic mass is 32.2. The van der Waals surface area contributed by atoms with Gasteiger partial charge in [-0.05, 0) is 31.1 Å². The number of rotatable bonds is 9. The van der Waals surface area contributed by atoms with Crippen LogP contribution in [0.4, 0.5) is 0 Å². The summed E-state index contributed by atoms with van der Waals surface area (Å²) in [6, 6.07) is 0. The highest BCUT2D eigenvalue weighted by Crippen LogP contribution is 2.48. The molecule has 0 spiro atoms. The molecule has 0 radical (unpaired) electrons. The minimum absolute atomic E-state index is 0.0747. The molecule has 4 N–H and O–H groups in total. The second kappa shape index (κ2) is 7.76. The van der Waals surface area contributed by atoms with Crippen LogP contribution >= 0.6 is 11.8 Å². The first-order valence-electron chi connectivity index (χ1n) is 7.93. The van der Waals surface area contributed by atoms with Gasteiger partial charge in [0.1, 0.15) is 5.25 Å². The number of aliphatic carboxylic acids is 2. The Morgan fingerprint density at radius 1 is 1.00 bits per heavy atom. The highest BCUT2D eigenvalue weighted by Gasteiger charge is 2.44. The van der Waals surface area contributed by atoms with E-state index in [1.54, 1.807) is 13.8 Å². The smallest absolute Gasteiger partial charge is 0.317 e. The van der Waals surface area contributed by atoms with Gasteiger partial charge in [0, 0.05) is 4.75 Å². The van der Waals surface area contributed by atoms with Gasteiger partial charge in [0.2, 0.25) is 5.91 Å². The molecule has 24 heavy (non-hydrogen) atoms. The third-order valence-electron chi connectivity index (χ3n) is 5.01. The van der Waals surface area contributed by atoms with Crippen LogP contribution in [0.1, 0.15) is 61.3 Å². The highest BCUT2D eigenvalue weighted by molar-refractivity contribution is 8.01.